The van der Waals surface area contributed by atoms with Gasteiger partial charge < -0.3 is 10.6 Å². The largest absolute Gasteiger partial charge is 0.380 e. The first-order valence-electron chi connectivity index (χ1n) is 6.52. The molecule has 5 heteroatoms. The summed E-state index contributed by atoms with van der Waals surface area (Å²) in [5.74, 6) is -0.397. The zero-order chi connectivity index (χ0) is 15.4. The number of halogens is 2. The second kappa shape index (κ2) is 6.59. The molecule has 110 valence electrons. The van der Waals surface area contributed by atoms with E-state index >= 15 is 0 Å². The quantitative estimate of drug-likeness (QED) is 0.903. The normalized spacial score (nSPS) is 10.3. The van der Waals surface area contributed by atoms with E-state index in [1.54, 1.807) is 44.3 Å². The topological polar surface area (TPSA) is 41.1 Å². The Morgan fingerprint density at radius 1 is 1.24 bits per heavy atom. The first-order valence-corrected chi connectivity index (χ1v) is 6.89. The average molecular weight is 307 g/mol. The maximum absolute atomic E-state index is 13.2. The zero-order valence-corrected chi connectivity index (χ0v) is 12.6. The van der Waals surface area contributed by atoms with Crippen LogP contribution in [-0.4, -0.2) is 13.0 Å². The van der Waals surface area contributed by atoms with E-state index in [0.717, 1.165) is 5.56 Å². The van der Waals surface area contributed by atoms with E-state index in [1.165, 1.54) is 6.07 Å². The number of aryl methyl sites for hydroxylation is 1. The van der Waals surface area contributed by atoms with Crippen LogP contribution in [0.1, 0.15) is 21.5 Å². The molecule has 0 aromatic heterocycles. The number of hydrogen-bond acceptors (Lipinski definition) is 2. The molecule has 2 aromatic rings. The molecule has 0 saturated heterocycles. The van der Waals surface area contributed by atoms with E-state index in [9.17, 15) is 9.18 Å². The number of carbonyl (C=O) groups is 1. The van der Waals surface area contributed by atoms with Gasteiger partial charge in [0.15, 0.2) is 0 Å². The molecule has 0 bridgehead atoms. The average Bonchev–Trinajstić information content (AvgIpc) is 2.49. The summed E-state index contributed by atoms with van der Waals surface area (Å²) in [6, 6.07) is 9.95. The van der Waals surface area contributed by atoms with Crippen molar-refractivity contribution in [2.45, 2.75) is 13.5 Å². The van der Waals surface area contributed by atoms with Gasteiger partial charge in [-0.15, -0.1) is 0 Å². The summed E-state index contributed by atoms with van der Waals surface area (Å²) in [4.78, 5) is 11.6. The van der Waals surface area contributed by atoms with Gasteiger partial charge in [0.1, 0.15) is 5.82 Å². The van der Waals surface area contributed by atoms with Gasteiger partial charge in [0.25, 0.3) is 5.91 Å². The first kappa shape index (κ1) is 15.3. The minimum Gasteiger partial charge on any atom is -0.380 e. The van der Waals surface area contributed by atoms with Gasteiger partial charge in [-0.25, -0.2) is 4.39 Å². The van der Waals surface area contributed by atoms with E-state index in [4.69, 9.17) is 11.6 Å². The molecule has 3 nitrogen and oxygen atoms in total. The number of hydrogen-bond donors (Lipinski definition) is 2. The van der Waals surface area contributed by atoms with E-state index in [0.29, 0.717) is 28.4 Å². The number of amides is 1. The zero-order valence-electron chi connectivity index (χ0n) is 11.8. The third-order valence-electron chi connectivity index (χ3n) is 3.16. The van der Waals surface area contributed by atoms with Crippen LogP contribution < -0.4 is 10.6 Å². The van der Waals surface area contributed by atoms with Gasteiger partial charge in [0.2, 0.25) is 0 Å². The van der Waals surface area contributed by atoms with Gasteiger partial charge in [-0.1, -0.05) is 23.7 Å². The van der Waals surface area contributed by atoms with Crippen LogP contribution in [0.15, 0.2) is 36.4 Å². The monoisotopic (exact) mass is 306 g/mol. The predicted molar refractivity (Wildman–Crippen MR) is 83.3 cm³/mol. The molecular weight excluding hydrogens is 291 g/mol. The van der Waals surface area contributed by atoms with E-state index in [1.807, 2.05) is 0 Å². The summed E-state index contributed by atoms with van der Waals surface area (Å²) < 4.78 is 13.2. The Hall–Kier alpha value is -2.07. The molecule has 0 saturated carbocycles. The maximum atomic E-state index is 13.2. The fourth-order valence-electron chi connectivity index (χ4n) is 1.96. The lowest BCUT2D eigenvalue weighted by Crippen LogP contribution is -2.17. The molecule has 0 aliphatic rings. The molecule has 0 aliphatic heterocycles. The van der Waals surface area contributed by atoms with Crippen LogP contribution in [0.5, 0.6) is 0 Å². The van der Waals surface area contributed by atoms with Gasteiger partial charge in [0, 0.05) is 19.2 Å². The SMILES string of the molecule is CNC(=O)c1ccc(Cl)c(NCc2ccc(F)c(C)c2)c1. The molecule has 2 rings (SSSR count). The lowest BCUT2D eigenvalue weighted by Gasteiger charge is -2.11. The van der Waals surface area contributed by atoms with Gasteiger partial charge in [0.05, 0.1) is 10.7 Å². The Morgan fingerprint density at radius 3 is 2.67 bits per heavy atom. The van der Waals surface area contributed by atoms with Gasteiger partial charge in [-0.2, -0.15) is 0 Å². The van der Waals surface area contributed by atoms with Crippen LogP contribution in [0.3, 0.4) is 0 Å². The Balaban J connectivity index is 2.15. The molecule has 1 amide bonds. The number of rotatable bonds is 4. The number of anilines is 1. The van der Waals surface area contributed by atoms with Crippen molar-refractivity contribution in [2.24, 2.45) is 0 Å². The molecule has 0 radical (unpaired) electrons. The first-order chi connectivity index (χ1) is 10.0. The van der Waals surface area contributed by atoms with Gasteiger partial charge >= 0.3 is 0 Å². The van der Waals surface area contributed by atoms with Crippen LogP contribution in [0.2, 0.25) is 5.02 Å². The summed E-state index contributed by atoms with van der Waals surface area (Å²) in [6.45, 7) is 2.22. The van der Waals surface area contributed by atoms with Crippen molar-refractivity contribution in [1.82, 2.24) is 5.32 Å². The summed E-state index contributed by atoms with van der Waals surface area (Å²) in [7, 11) is 1.57. The van der Waals surface area contributed by atoms with Gasteiger partial charge in [-0.05, 0) is 42.3 Å². The molecule has 2 N–H and O–H groups in total. The summed E-state index contributed by atoms with van der Waals surface area (Å²) >= 11 is 6.11. The lowest BCUT2D eigenvalue weighted by molar-refractivity contribution is 0.0963. The van der Waals surface area contributed by atoms with Crippen molar-refractivity contribution in [3.05, 3.63) is 63.9 Å². The van der Waals surface area contributed by atoms with Crippen molar-refractivity contribution in [2.75, 3.05) is 12.4 Å². The summed E-state index contributed by atoms with van der Waals surface area (Å²) in [5, 5.41) is 6.25. The summed E-state index contributed by atoms with van der Waals surface area (Å²) in [6.07, 6.45) is 0. The van der Waals surface area contributed by atoms with Crippen LogP contribution in [-0.2, 0) is 6.54 Å². The molecule has 0 spiro atoms. The highest BCUT2D eigenvalue weighted by atomic mass is 35.5. The van der Waals surface area contributed by atoms with E-state index in [-0.39, 0.29) is 11.7 Å². The molecule has 0 aliphatic carbocycles. The van der Waals surface area contributed by atoms with Crippen LogP contribution in [0.4, 0.5) is 10.1 Å². The van der Waals surface area contributed by atoms with Crippen molar-refractivity contribution >= 4 is 23.2 Å². The minimum atomic E-state index is -0.224. The Labute approximate surface area is 128 Å². The third kappa shape index (κ3) is 3.73. The standard InChI is InChI=1S/C16H16ClFN2O/c1-10-7-11(3-6-14(10)18)9-20-15-8-12(16(21)19-2)4-5-13(15)17/h3-8,20H,9H2,1-2H3,(H,19,21). The second-order valence-corrected chi connectivity index (χ2v) is 5.12. The number of carbonyl (C=O) groups excluding carboxylic acids is 1. The molecule has 0 heterocycles. The molecule has 21 heavy (non-hydrogen) atoms. The van der Waals surface area contributed by atoms with Crippen molar-refractivity contribution in [3.8, 4) is 0 Å². The molecular formula is C16H16ClFN2O. The highest BCUT2D eigenvalue weighted by Crippen LogP contribution is 2.24. The minimum absolute atomic E-state index is 0.174. The van der Waals surface area contributed by atoms with Crippen LogP contribution in [0, 0.1) is 12.7 Å². The van der Waals surface area contributed by atoms with Gasteiger partial charge in [-0.3, -0.25) is 4.79 Å². The molecule has 0 unspecified atom stereocenters. The Bertz CT molecular complexity index is 673. The van der Waals surface area contributed by atoms with Crippen LogP contribution in [0.25, 0.3) is 0 Å². The number of nitrogens with one attached hydrogen (secondary N) is 2. The van der Waals surface area contributed by atoms with Crippen LogP contribution >= 0.6 is 11.6 Å². The van der Waals surface area contributed by atoms with Crippen molar-refractivity contribution in [3.63, 3.8) is 0 Å². The molecule has 0 atom stereocenters. The molecule has 2 aromatic carbocycles. The summed E-state index contributed by atoms with van der Waals surface area (Å²) in [5.41, 5.74) is 2.73. The number of benzene rings is 2. The third-order valence-corrected chi connectivity index (χ3v) is 3.49. The van der Waals surface area contributed by atoms with E-state index in [2.05, 4.69) is 10.6 Å². The van der Waals surface area contributed by atoms with Crippen molar-refractivity contribution in [1.29, 1.82) is 0 Å². The predicted octanol–water partition coefficient (Wildman–Crippen LogP) is 3.76. The maximum Gasteiger partial charge on any atom is 0.251 e. The van der Waals surface area contributed by atoms with Crippen molar-refractivity contribution < 1.29 is 9.18 Å². The fourth-order valence-corrected chi connectivity index (χ4v) is 2.14. The second-order valence-electron chi connectivity index (χ2n) is 4.71. The Morgan fingerprint density at radius 2 is 2.00 bits per heavy atom. The smallest absolute Gasteiger partial charge is 0.251 e. The highest BCUT2D eigenvalue weighted by Gasteiger charge is 2.07. The highest BCUT2D eigenvalue weighted by molar-refractivity contribution is 6.33. The Kier molecular flexibility index (Phi) is 4.81. The van der Waals surface area contributed by atoms with E-state index < -0.39 is 0 Å². The lowest BCUT2D eigenvalue weighted by atomic mass is 10.1. The molecule has 0 fully saturated rings. The fraction of sp³-hybridized carbons (Fsp3) is 0.188.